The highest BCUT2D eigenvalue weighted by Gasteiger charge is 2.09. The number of benzene rings is 2. The average molecular weight is 355 g/mol. The fourth-order valence-electron chi connectivity index (χ4n) is 1.99. The third kappa shape index (κ3) is 5.89. The van der Waals surface area contributed by atoms with Crippen LogP contribution >= 0.6 is 15.9 Å². The molecule has 0 aliphatic heterocycles. The first-order chi connectivity index (χ1) is 10.6. The molecule has 0 radical (unpaired) electrons. The zero-order valence-electron chi connectivity index (χ0n) is 13.1. The van der Waals surface area contributed by atoms with Crippen molar-refractivity contribution < 1.29 is 4.48 Å². The molecule has 1 nitrogen and oxygen atoms in total. The molecule has 0 unspecified atom stereocenters. The second kappa shape index (κ2) is 7.98. The quantitative estimate of drug-likeness (QED) is 0.556. The number of halogens is 1. The van der Waals surface area contributed by atoms with Gasteiger partial charge in [-0.1, -0.05) is 58.3 Å². The molecule has 0 saturated heterocycles. The fourth-order valence-corrected chi connectivity index (χ4v) is 2.26. The fraction of sp³-hybridized carbons (Fsp3) is 0.200. The Morgan fingerprint density at radius 2 is 1.68 bits per heavy atom. The molecule has 0 saturated carbocycles. The van der Waals surface area contributed by atoms with Gasteiger partial charge in [0.2, 0.25) is 0 Å². The van der Waals surface area contributed by atoms with Crippen molar-refractivity contribution >= 4 is 22.0 Å². The van der Waals surface area contributed by atoms with Crippen molar-refractivity contribution in [2.45, 2.75) is 0 Å². The number of nitrogens with zero attached hydrogens (tertiary/aromatic N) is 1. The van der Waals surface area contributed by atoms with Crippen molar-refractivity contribution in [2.75, 3.05) is 27.2 Å². The predicted octanol–water partition coefficient (Wildman–Crippen LogP) is 4.59. The molecule has 2 heteroatoms. The van der Waals surface area contributed by atoms with E-state index in [9.17, 15) is 0 Å². The summed E-state index contributed by atoms with van der Waals surface area (Å²) >= 11 is 3.43. The van der Waals surface area contributed by atoms with Crippen LogP contribution in [0.5, 0.6) is 0 Å². The molecule has 0 aromatic heterocycles. The highest BCUT2D eigenvalue weighted by atomic mass is 79.9. The molecule has 0 spiro atoms. The maximum Gasteiger partial charge on any atom is 0.141 e. The Hall–Kier alpha value is -1.82. The lowest BCUT2D eigenvalue weighted by molar-refractivity contribution is -0.877. The Morgan fingerprint density at radius 1 is 1.00 bits per heavy atom. The second-order valence-corrected chi connectivity index (χ2v) is 6.81. The van der Waals surface area contributed by atoms with Gasteiger partial charge in [0.05, 0.1) is 20.6 Å². The van der Waals surface area contributed by atoms with Crippen LogP contribution in [0.2, 0.25) is 0 Å². The number of rotatable bonds is 4. The number of likely N-dealkylation sites (N-methyl/N-ethyl adjacent to an activating group) is 1. The summed E-state index contributed by atoms with van der Waals surface area (Å²) in [6.07, 6.45) is 4.39. The van der Waals surface area contributed by atoms with Gasteiger partial charge in [-0.2, -0.15) is 0 Å². The van der Waals surface area contributed by atoms with Crippen LogP contribution < -0.4 is 0 Å². The summed E-state index contributed by atoms with van der Waals surface area (Å²) in [4.78, 5) is 0. The molecule has 2 aromatic rings. The van der Waals surface area contributed by atoms with Crippen LogP contribution in [-0.4, -0.2) is 31.7 Å². The molecule has 0 bridgehead atoms. The van der Waals surface area contributed by atoms with Crippen LogP contribution in [0.15, 0.2) is 65.1 Å². The summed E-state index contributed by atoms with van der Waals surface area (Å²) in [6.45, 7) is 1.79. The Balaban J connectivity index is 1.88. The Labute approximate surface area is 142 Å². The summed E-state index contributed by atoms with van der Waals surface area (Å²) in [5.41, 5.74) is 2.30. The standard InChI is InChI=1S/C20H21BrN/c1-22(2,16-6-10-18-8-4-3-5-9-18)17-7-11-19-12-14-20(21)15-13-19/h3-6,8-10,12-15H,16-17H2,1-2H3/q+1. The molecule has 0 heterocycles. The molecule has 0 aliphatic rings. The van der Waals surface area contributed by atoms with Crippen molar-refractivity contribution in [3.8, 4) is 11.8 Å². The van der Waals surface area contributed by atoms with E-state index in [1.165, 1.54) is 5.56 Å². The zero-order chi connectivity index (χ0) is 15.8. The van der Waals surface area contributed by atoms with Crippen LogP contribution in [0.1, 0.15) is 11.1 Å². The molecule has 0 fully saturated rings. The molecule has 22 heavy (non-hydrogen) atoms. The van der Waals surface area contributed by atoms with Crippen molar-refractivity contribution in [2.24, 2.45) is 0 Å². The van der Waals surface area contributed by atoms with E-state index in [1.54, 1.807) is 0 Å². The topological polar surface area (TPSA) is 0 Å². The minimum absolute atomic E-state index is 0.829. The van der Waals surface area contributed by atoms with E-state index in [2.05, 4.69) is 78.3 Å². The largest absolute Gasteiger partial charge is 0.315 e. The van der Waals surface area contributed by atoms with Crippen molar-refractivity contribution in [1.29, 1.82) is 0 Å². The molecular weight excluding hydrogens is 334 g/mol. The van der Waals surface area contributed by atoms with Crippen molar-refractivity contribution in [1.82, 2.24) is 0 Å². The van der Waals surface area contributed by atoms with E-state index in [0.717, 1.165) is 27.6 Å². The maximum atomic E-state index is 3.43. The molecule has 0 amide bonds. The minimum atomic E-state index is 0.829. The normalized spacial score (nSPS) is 11.2. The summed E-state index contributed by atoms with van der Waals surface area (Å²) in [7, 11) is 4.40. The van der Waals surface area contributed by atoms with Crippen LogP contribution in [0.3, 0.4) is 0 Å². The van der Waals surface area contributed by atoms with Gasteiger partial charge in [-0.15, -0.1) is 0 Å². The smallest absolute Gasteiger partial charge is 0.141 e. The lowest BCUT2D eigenvalue weighted by Gasteiger charge is -2.25. The summed E-state index contributed by atoms with van der Waals surface area (Å²) in [5, 5.41) is 0. The van der Waals surface area contributed by atoms with E-state index in [0.29, 0.717) is 0 Å². The molecule has 0 atom stereocenters. The van der Waals surface area contributed by atoms with Crippen LogP contribution in [0.4, 0.5) is 0 Å². The van der Waals surface area contributed by atoms with Gasteiger partial charge in [0.15, 0.2) is 0 Å². The summed E-state index contributed by atoms with van der Waals surface area (Å²) < 4.78 is 1.94. The third-order valence-corrected chi connectivity index (χ3v) is 3.82. The maximum absolute atomic E-state index is 3.43. The van der Waals surface area contributed by atoms with Gasteiger partial charge >= 0.3 is 0 Å². The first kappa shape index (κ1) is 16.5. The van der Waals surface area contributed by atoms with E-state index >= 15 is 0 Å². The molecule has 112 valence electrons. The highest BCUT2D eigenvalue weighted by Crippen LogP contribution is 2.09. The highest BCUT2D eigenvalue weighted by molar-refractivity contribution is 9.10. The molecule has 2 rings (SSSR count). The minimum Gasteiger partial charge on any atom is -0.315 e. The lowest BCUT2D eigenvalue weighted by Crippen LogP contribution is -2.39. The van der Waals surface area contributed by atoms with Crippen LogP contribution in [0.25, 0.3) is 6.08 Å². The van der Waals surface area contributed by atoms with E-state index in [4.69, 9.17) is 0 Å². The molecule has 2 aromatic carbocycles. The summed E-state index contributed by atoms with van der Waals surface area (Å²) in [6, 6.07) is 18.5. The van der Waals surface area contributed by atoms with E-state index in [1.807, 2.05) is 30.3 Å². The first-order valence-electron chi connectivity index (χ1n) is 7.33. The summed E-state index contributed by atoms with van der Waals surface area (Å²) in [5.74, 6) is 6.51. The Kier molecular flexibility index (Phi) is 6.00. The van der Waals surface area contributed by atoms with Crippen molar-refractivity contribution in [3.05, 3.63) is 76.3 Å². The third-order valence-electron chi connectivity index (χ3n) is 3.29. The van der Waals surface area contributed by atoms with Gasteiger partial charge in [0, 0.05) is 10.0 Å². The van der Waals surface area contributed by atoms with Crippen LogP contribution in [0, 0.1) is 11.8 Å². The van der Waals surface area contributed by atoms with Gasteiger partial charge in [0.1, 0.15) is 6.54 Å². The van der Waals surface area contributed by atoms with Gasteiger partial charge in [0.25, 0.3) is 0 Å². The number of hydrogen-bond donors (Lipinski definition) is 0. The first-order valence-corrected chi connectivity index (χ1v) is 8.12. The van der Waals surface area contributed by atoms with Gasteiger partial charge in [-0.25, -0.2) is 0 Å². The van der Waals surface area contributed by atoms with Crippen molar-refractivity contribution in [3.63, 3.8) is 0 Å². The van der Waals surface area contributed by atoms with E-state index < -0.39 is 0 Å². The predicted molar refractivity (Wildman–Crippen MR) is 98.3 cm³/mol. The molecule has 0 N–H and O–H groups in total. The Morgan fingerprint density at radius 3 is 2.36 bits per heavy atom. The molecular formula is C20H21BrN+. The zero-order valence-corrected chi connectivity index (χ0v) is 14.7. The lowest BCUT2D eigenvalue weighted by atomic mass is 10.2. The van der Waals surface area contributed by atoms with Gasteiger partial charge in [-0.05, 0) is 41.8 Å². The van der Waals surface area contributed by atoms with Gasteiger partial charge in [-0.3, -0.25) is 0 Å². The second-order valence-electron chi connectivity index (χ2n) is 5.90. The average Bonchev–Trinajstić information content (AvgIpc) is 2.50. The SMILES string of the molecule is C[N+](C)(CC#Cc1ccc(Br)cc1)CC=Cc1ccccc1. The monoisotopic (exact) mass is 354 g/mol. The number of quaternary nitrogens is 1. The van der Waals surface area contributed by atoms with Crippen LogP contribution in [-0.2, 0) is 0 Å². The Bertz CT molecular complexity index is 673. The van der Waals surface area contributed by atoms with E-state index in [-0.39, 0.29) is 0 Å². The number of hydrogen-bond acceptors (Lipinski definition) is 0. The molecule has 0 aliphatic carbocycles. The van der Waals surface area contributed by atoms with Gasteiger partial charge < -0.3 is 4.48 Å².